The molecule has 0 saturated heterocycles. The summed E-state index contributed by atoms with van der Waals surface area (Å²) in [5.41, 5.74) is 9.62. The first kappa shape index (κ1) is 10.8. The summed E-state index contributed by atoms with van der Waals surface area (Å²) in [6.45, 7) is 4.21. The third-order valence-corrected chi connectivity index (χ3v) is 3.67. The fourth-order valence-electron chi connectivity index (χ4n) is 2.50. The molecule has 1 aliphatic carbocycles. The number of hydrogen-bond donors (Lipinski definition) is 1. The van der Waals surface area contributed by atoms with Crippen molar-refractivity contribution in [3.63, 3.8) is 0 Å². The van der Waals surface area contributed by atoms with E-state index in [2.05, 4.69) is 41.6 Å². The summed E-state index contributed by atoms with van der Waals surface area (Å²) >= 11 is 0. The van der Waals surface area contributed by atoms with Gasteiger partial charge in [-0.3, -0.25) is 0 Å². The first-order valence-corrected chi connectivity index (χ1v) is 6.44. The van der Waals surface area contributed by atoms with Crippen molar-refractivity contribution in [3.05, 3.63) is 29.6 Å². The van der Waals surface area contributed by atoms with Crippen LogP contribution in [0.1, 0.15) is 49.7 Å². The highest BCUT2D eigenvalue weighted by molar-refractivity contribution is 5.77. The molecule has 3 rings (SSSR count). The molecular weight excluding hydrogens is 210 g/mol. The van der Waals surface area contributed by atoms with Gasteiger partial charge >= 0.3 is 0 Å². The predicted octanol–water partition coefficient (Wildman–Crippen LogP) is 3.09. The van der Waals surface area contributed by atoms with E-state index in [1.807, 2.05) is 0 Å². The number of nitrogens with zero attached hydrogens (tertiary/aromatic N) is 2. The van der Waals surface area contributed by atoms with E-state index in [1.165, 1.54) is 23.9 Å². The smallest absolute Gasteiger partial charge is 0.106 e. The summed E-state index contributed by atoms with van der Waals surface area (Å²) in [4.78, 5) is 4.66. The molecule has 0 amide bonds. The zero-order valence-corrected chi connectivity index (χ0v) is 10.5. The lowest BCUT2D eigenvalue weighted by molar-refractivity contribution is 0.699. The first-order valence-electron chi connectivity index (χ1n) is 6.44. The molecule has 17 heavy (non-hydrogen) atoms. The third-order valence-electron chi connectivity index (χ3n) is 3.67. The van der Waals surface area contributed by atoms with E-state index in [4.69, 9.17) is 5.73 Å². The van der Waals surface area contributed by atoms with E-state index in [0.717, 1.165) is 17.8 Å². The van der Waals surface area contributed by atoms with Crippen molar-refractivity contribution < 1.29 is 0 Å². The van der Waals surface area contributed by atoms with Gasteiger partial charge in [-0.05, 0) is 43.9 Å². The minimum atomic E-state index is 0.130. The molecule has 2 aromatic rings. The monoisotopic (exact) mass is 229 g/mol. The van der Waals surface area contributed by atoms with E-state index in [-0.39, 0.29) is 6.04 Å². The number of rotatable bonds is 3. The Morgan fingerprint density at radius 3 is 2.88 bits per heavy atom. The average molecular weight is 229 g/mol. The fourth-order valence-corrected chi connectivity index (χ4v) is 2.50. The Hall–Kier alpha value is -1.35. The van der Waals surface area contributed by atoms with E-state index in [0.29, 0.717) is 6.04 Å². The molecule has 0 spiro atoms. The van der Waals surface area contributed by atoms with Gasteiger partial charge in [-0.2, -0.15) is 0 Å². The van der Waals surface area contributed by atoms with Gasteiger partial charge in [-0.15, -0.1) is 0 Å². The van der Waals surface area contributed by atoms with E-state index in [1.54, 1.807) is 0 Å². The SMILES string of the molecule is CCC(N)c1ccc2c(c1)nc(C)n2C1CC1. The lowest BCUT2D eigenvalue weighted by Gasteiger charge is -2.09. The van der Waals surface area contributed by atoms with Crippen LogP contribution in [-0.4, -0.2) is 9.55 Å². The van der Waals surface area contributed by atoms with Crippen LogP contribution in [0.3, 0.4) is 0 Å². The minimum absolute atomic E-state index is 0.130. The molecule has 90 valence electrons. The number of benzene rings is 1. The van der Waals surface area contributed by atoms with Gasteiger partial charge in [0.1, 0.15) is 5.82 Å². The highest BCUT2D eigenvalue weighted by atomic mass is 15.1. The quantitative estimate of drug-likeness (QED) is 0.879. The number of fused-ring (bicyclic) bond motifs is 1. The van der Waals surface area contributed by atoms with Crippen molar-refractivity contribution in [2.24, 2.45) is 5.73 Å². The number of hydrogen-bond acceptors (Lipinski definition) is 2. The number of nitrogens with two attached hydrogens (primary N) is 1. The van der Waals surface area contributed by atoms with Gasteiger partial charge in [0, 0.05) is 12.1 Å². The molecule has 1 unspecified atom stereocenters. The molecular formula is C14H19N3. The first-order chi connectivity index (χ1) is 8.20. The molecule has 1 saturated carbocycles. The summed E-state index contributed by atoms with van der Waals surface area (Å²) in [7, 11) is 0. The van der Waals surface area contributed by atoms with Crippen molar-refractivity contribution in [1.29, 1.82) is 0 Å². The Bertz CT molecular complexity index is 552. The second-order valence-electron chi connectivity index (χ2n) is 5.02. The maximum Gasteiger partial charge on any atom is 0.106 e. The van der Waals surface area contributed by atoms with Gasteiger partial charge in [0.15, 0.2) is 0 Å². The molecule has 3 heteroatoms. The topological polar surface area (TPSA) is 43.8 Å². The van der Waals surface area contributed by atoms with Crippen molar-refractivity contribution >= 4 is 11.0 Å². The molecule has 1 aromatic carbocycles. The van der Waals surface area contributed by atoms with Crippen LogP contribution in [0.5, 0.6) is 0 Å². The Balaban J connectivity index is 2.12. The van der Waals surface area contributed by atoms with Gasteiger partial charge in [-0.1, -0.05) is 13.0 Å². The summed E-state index contributed by atoms with van der Waals surface area (Å²) < 4.78 is 2.37. The zero-order chi connectivity index (χ0) is 12.0. The maximum absolute atomic E-state index is 6.07. The van der Waals surface area contributed by atoms with Crippen LogP contribution < -0.4 is 5.73 Å². The lowest BCUT2D eigenvalue weighted by Crippen LogP contribution is -2.08. The number of aryl methyl sites for hydroxylation is 1. The molecule has 0 bridgehead atoms. The molecule has 1 aromatic heterocycles. The Kier molecular flexibility index (Phi) is 2.44. The molecule has 2 N–H and O–H groups in total. The Morgan fingerprint density at radius 1 is 1.47 bits per heavy atom. The summed E-state index contributed by atoms with van der Waals surface area (Å²) in [6, 6.07) is 7.29. The second-order valence-corrected chi connectivity index (χ2v) is 5.02. The standard InChI is InChI=1S/C14H19N3/c1-3-12(15)10-4-7-14-13(8-10)16-9(2)17(14)11-5-6-11/h4,7-8,11-12H,3,5-6,15H2,1-2H3. The summed E-state index contributed by atoms with van der Waals surface area (Å²) in [5.74, 6) is 1.13. The maximum atomic E-state index is 6.07. The second kappa shape index (κ2) is 3.84. The van der Waals surface area contributed by atoms with Crippen LogP contribution in [0, 0.1) is 6.92 Å². The Morgan fingerprint density at radius 2 is 2.24 bits per heavy atom. The average Bonchev–Trinajstić information content (AvgIpc) is 3.10. The number of aromatic nitrogens is 2. The lowest BCUT2D eigenvalue weighted by atomic mass is 10.1. The fraction of sp³-hybridized carbons (Fsp3) is 0.500. The largest absolute Gasteiger partial charge is 0.325 e. The molecule has 1 aliphatic rings. The summed E-state index contributed by atoms with van der Waals surface area (Å²) in [5, 5.41) is 0. The van der Waals surface area contributed by atoms with Crippen LogP contribution in [0.15, 0.2) is 18.2 Å². The minimum Gasteiger partial charge on any atom is -0.325 e. The normalized spacial score (nSPS) is 17.6. The highest BCUT2D eigenvalue weighted by Crippen LogP contribution is 2.38. The van der Waals surface area contributed by atoms with E-state index >= 15 is 0 Å². The predicted molar refractivity (Wildman–Crippen MR) is 70.0 cm³/mol. The van der Waals surface area contributed by atoms with Gasteiger partial charge < -0.3 is 10.3 Å². The Labute approximate surface area is 102 Å². The molecule has 1 fully saturated rings. The molecule has 3 nitrogen and oxygen atoms in total. The molecule has 0 aliphatic heterocycles. The van der Waals surface area contributed by atoms with Gasteiger partial charge in [-0.25, -0.2) is 4.98 Å². The van der Waals surface area contributed by atoms with Crippen LogP contribution in [0.25, 0.3) is 11.0 Å². The zero-order valence-electron chi connectivity index (χ0n) is 10.5. The van der Waals surface area contributed by atoms with Crippen molar-refractivity contribution in [3.8, 4) is 0 Å². The van der Waals surface area contributed by atoms with Crippen molar-refractivity contribution in [2.45, 2.75) is 45.2 Å². The molecule has 0 radical (unpaired) electrons. The highest BCUT2D eigenvalue weighted by Gasteiger charge is 2.26. The van der Waals surface area contributed by atoms with Crippen molar-refractivity contribution in [2.75, 3.05) is 0 Å². The van der Waals surface area contributed by atoms with Gasteiger partial charge in [0.2, 0.25) is 0 Å². The van der Waals surface area contributed by atoms with Gasteiger partial charge in [0.05, 0.1) is 11.0 Å². The summed E-state index contributed by atoms with van der Waals surface area (Å²) in [6.07, 6.45) is 3.55. The van der Waals surface area contributed by atoms with Crippen LogP contribution >= 0.6 is 0 Å². The van der Waals surface area contributed by atoms with Crippen LogP contribution in [-0.2, 0) is 0 Å². The number of imidazole rings is 1. The third kappa shape index (κ3) is 1.75. The van der Waals surface area contributed by atoms with E-state index in [9.17, 15) is 0 Å². The molecule has 1 heterocycles. The van der Waals surface area contributed by atoms with E-state index < -0.39 is 0 Å². The van der Waals surface area contributed by atoms with Crippen molar-refractivity contribution in [1.82, 2.24) is 9.55 Å². The molecule has 1 atom stereocenters. The van der Waals surface area contributed by atoms with Crippen LogP contribution in [0.4, 0.5) is 0 Å². The van der Waals surface area contributed by atoms with Gasteiger partial charge in [0.25, 0.3) is 0 Å². The van der Waals surface area contributed by atoms with Crippen LogP contribution in [0.2, 0.25) is 0 Å².